The van der Waals surface area contributed by atoms with Crippen LogP contribution in [0.25, 0.3) is 0 Å². The van der Waals surface area contributed by atoms with Crippen molar-refractivity contribution in [3.8, 4) is 0 Å². The maximum Gasteiger partial charge on any atom is 0.0736 e. The summed E-state index contributed by atoms with van der Waals surface area (Å²) in [6, 6.07) is 18.4. The number of aliphatic imine (C=N–C) groups is 1. The lowest BCUT2D eigenvalue weighted by Gasteiger charge is -2.11. The lowest BCUT2D eigenvalue weighted by Crippen LogP contribution is -2.06. The molecule has 0 aliphatic heterocycles. The van der Waals surface area contributed by atoms with Crippen LogP contribution in [0.2, 0.25) is 0 Å². The highest BCUT2D eigenvalue weighted by molar-refractivity contribution is 6.15. The average molecular weight is 254 g/mol. The summed E-state index contributed by atoms with van der Waals surface area (Å²) in [6.07, 6.45) is 0. The smallest absolute Gasteiger partial charge is 0.0736 e. The fraction of sp³-hybridized carbons (Fsp3) is 0.235. The quantitative estimate of drug-likeness (QED) is 0.815. The van der Waals surface area contributed by atoms with Crippen LogP contribution in [0.4, 0.5) is 5.69 Å². The lowest BCUT2D eigenvalue weighted by molar-refractivity contribution is 1.40. The number of para-hydroxylation sites is 1. The summed E-state index contributed by atoms with van der Waals surface area (Å²) in [6.45, 7) is 4.00. The molecule has 0 bridgehead atoms. The monoisotopic (exact) mass is 254 g/mol. The zero-order valence-corrected chi connectivity index (χ0v) is 12.1. The second-order valence-electron chi connectivity index (χ2n) is 3.73. The van der Waals surface area contributed by atoms with Crippen LogP contribution in [0.5, 0.6) is 0 Å². The second kappa shape index (κ2) is 8.09. The molecular weight excluding hydrogens is 232 g/mol. The first kappa shape index (κ1) is 15.0. The molecule has 0 saturated heterocycles. The molecule has 0 atom stereocenters. The van der Waals surface area contributed by atoms with Crippen LogP contribution in [-0.2, 0) is 0 Å². The van der Waals surface area contributed by atoms with Gasteiger partial charge in [0, 0.05) is 30.9 Å². The standard InChI is InChI=1S/C15H16N2.C2H6/c1-16-14-11-7-6-10-13(14)15(17-2)12-8-4-3-5-9-12;1-2/h3-11,16H,1-2H3;1-2H3. The molecule has 1 N–H and O–H groups in total. The van der Waals surface area contributed by atoms with E-state index in [1.165, 1.54) is 0 Å². The van der Waals surface area contributed by atoms with Crippen LogP contribution in [0.1, 0.15) is 25.0 Å². The number of benzene rings is 2. The Balaban J connectivity index is 0.000000861. The lowest BCUT2D eigenvalue weighted by atomic mass is 10.0. The van der Waals surface area contributed by atoms with E-state index < -0.39 is 0 Å². The van der Waals surface area contributed by atoms with Crippen LogP contribution in [0, 0.1) is 0 Å². The highest BCUT2D eigenvalue weighted by atomic mass is 14.8. The molecule has 0 spiro atoms. The molecule has 2 heteroatoms. The number of rotatable bonds is 3. The highest BCUT2D eigenvalue weighted by Gasteiger charge is 2.08. The summed E-state index contributed by atoms with van der Waals surface area (Å²) in [5, 5.41) is 3.20. The van der Waals surface area contributed by atoms with Gasteiger partial charge in [-0.1, -0.05) is 62.4 Å². The Labute approximate surface area is 116 Å². The molecule has 0 aliphatic rings. The largest absolute Gasteiger partial charge is 0.388 e. The molecular formula is C17H22N2. The van der Waals surface area contributed by atoms with E-state index >= 15 is 0 Å². The molecule has 0 unspecified atom stereocenters. The van der Waals surface area contributed by atoms with E-state index in [9.17, 15) is 0 Å². The zero-order chi connectivity index (χ0) is 14.1. The molecule has 100 valence electrons. The second-order valence-corrected chi connectivity index (χ2v) is 3.73. The van der Waals surface area contributed by atoms with Gasteiger partial charge >= 0.3 is 0 Å². The number of anilines is 1. The Morgan fingerprint density at radius 2 is 1.47 bits per heavy atom. The normalized spacial score (nSPS) is 10.4. The van der Waals surface area contributed by atoms with Crippen LogP contribution in [-0.4, -0.2) is 19.8 Å². The fourth-order valence-electron chi connectivity index (χ4n) is 1.91. The van der Waals surface area contributed by atoms with Crippen molar-refractivity contribution in [3.05, 3.63) is 65.7 Å². The minimum absolute atomic E-state index is 1.01. The van der Waals surface area contributed by atoms with Gasteiger partial charge in [0.1, 0.15) is 0 Å². The molecule has 0 saturated carbocycles. The maximum atomic E-state index is 4.41. The Hall–Kier alpha value is -2.09. The third-order valence-electron chi connectivity index (χ3n) is 2.72. The Morgan fingerprint density at radius 1 is 0.895 bits per heavy atom. The van der Waals surface area contributed by atoms with Gasteiger partial charge in [0.05, 0.1) is 5.71 Å². The third-order valence-corrected chi connectivity index (χ3v) is 2.72. The van der Waals surface area contributed by atoms with Crippen molar-refractivity contribution < 1.29 is 0 Å². The van der Waals surface area contributed by atoms with Crippen molar-refractivity contribution >= 4 is 11.4 Å². The SMILES string of the molecule is CC.CN=C(c1ccccc1)c1ccccc1NC. The summed E-state index contributed by atoms with van der Waals surface area (Å²) in [7, 11) is 3.76. The summed E-state index contributed by atoms with van der Waals surface area (Å²) < 4.78 is 0. The minimum Gasteiger partial charge on any atom is -0.388 e. The first-order valence-electron chi connectivity index (χ1n) is 6.66. The predicted octanol–water partition coefficient (Wildman–Crippen LogP) is 4.22. The molecule has 2 aromatic rings. The molecule has 0 aliphatic carbocycles. The number of hydrogen-bond donors (Lipinski definition) is 1. The summed E-state index contributed by atoms with van der Waals surface area (Å²) in [4.78, 5) is 4.41. The Bertz CT molecular complexity index is 516. The van der Waals surface area contributed by atoms with Crippen LogP contribution in [0.15, 0.2) is 59.6 Å². The van der Waals surface area contributed by atoms with Crippen molar-refractivity contribution in [1.29, 1.82) is 0 Å². The fourth-order valence-corrected chi connectivity index (χ4v) is 1.91. The third kappa shape index (κ3) is 3.68. The van der Waals surface area contributed by atoms with Crippen molar-refractivity contribution in [2.24, 2.45) is 4.99 Å². The average Bonchev–Trinajstić information content (AvgIpc) is 2.52. The van der Waals surface area contributed by atoms with E-state index in [0.29, 0.717) is 0 Å². The highest BCUT2D eigenvalue weighted by Crippen LogP contribution is 2.19. The predicted molar refractivity (Wildman–Crippen MR) is 85.3 cm³/mol. The molecule has 0 aromatic heterocycles. The number of nitrogens with one attached hydrogen (secondary N) is 1. The van der Waals surface area contributed by atoms with E-state index in [1.807, 2.05) is 58.3 Å². The van der Waals surface area contributed by atoms with Gasteiger partial charge in [0.2, 0.25) is 0 Å². The minimum atomic E-state index is 1.01. The van der Waals surface area contributed by atoms with Gasteiger partial charge in [-0.25, -0.2) is 0 Å². The first-order valence-corrected chi connectivity index (χ1v) is 6.66. The molecule has 0 radical (unpaired) electrons. The number of hydrogen-bond acceptors (Lipinski definition) is 2. The molecule has 0 fully saturated rings. The molecule has 19 heavy (non-hydrogen) atoms. The zero-order valence-electron chi connectivity index (χ0n) is 12.1. The van der Waals surface area contributed by atoms with Gasteiger partial charge in [-0.15, -0.1) is 0 Å². The van der Waals surface area contributed by atoms with E-state index in [4.69, 9.17) is 0 Å². The number of nitrogens with zero attached hydrogens (tertiary/aromatic N) is 1. The summed E-state index contributed by atoms with van der Waals surface area (Å²) in [5.41, 5.74) is 4.37. The molecule has 2 nitrogen and oxygen atoms in total. The van der Waals surface area contributed by atoms with Crippen molar-refractivity contribution in [1.82, 2.24) is 0 Å². The molecule has 2 rings (SSSR count). The Kier molecular flexibility index (Phi) is 6.37. The van der Waals surface area contributed by atoms with E-state index in [1.54, 1.807) is 0 Å². The van der Waals surface area contributed by atoms with E-state index in [2.05, 4.69) is 34.6 Å². The molecule has 2 aromatic carbocycles. The van der Waals surface area contributed by atoms with Crippen molar-refractivity contribution in [2.45, 2.75) is 13.8 Å². The summed E-state index contributed by atoms with van der Waals surface area (Å²) in [5.74, 6) is 0. The van der Waals surface area contributed by atoms with Gasteiger partial charge in [0.15, 0.2) is 0 Å². The molecule has 0 amide bonds. The first-order chi connectivity index (χ1) is 9.36. The van der Waals surface area contributed by atoms with Gasteiger partial charge in [-0.05, 0) is 6.07 Å². The van der Waals surface area contributed by atoms with E-state index in [-0.39, 0.29) is 0 Å². The van der Waals surface area contributed by atoms with Crippen molar-refractivity contribution in [2.75, 3.05) is 19.4 Å². The molecule has 0 heterocycles. The maximum absolute atomic E-state index is 4.41. The van der Waals surface area contributed by atoms with Gasteiger partial charge in [0.25, 0.3) is 0 Å². The van der Waals surface area contributed by atoms with E-state index in [0.717, 1.165) is 22.5 Å². The van der Waals surface area contributed by atoms with Crippen LogP contribution >= 0.6 is 0 Å². The van der Waals surface area contributed by atoms with Crippen LogP contribution in [0.3, 0.4) is 0 Å². The topological polar surface area (TPSA) is 24.4 Å². The van der Waals surface area contributed by atoms with Crippen molar-refractivity contribution in [3.63, 3.8) is 0 Å². The van der Waals surface area contributed by atoms with Gasteiger partial charge in [-0.2, -0.15) is 0 Å². The van der Waals surface area contributed by atoms with Gasteiger partial charge in [-0.3, -0.25) is 4.99 Å². The van der Waals surface area contributed by atoms with Gasteiger partial charge < -0.3 is 5.32 Å². The Morgan fingerprint density at radius 3 is 2.05 bits per heavy atom. The summed E-state index contributed by atoms with van der Waals surface area (Å²) >= 11 is 0. The van der Waals surface area contributed by atoms with Crippen LogP contribution < -0.4 is 5.32 Å².